The first-order valence-corrected chi connectivity index (χ1v) is 10.3. The lowest BCUT2D eigenvalue weighted by atomic mass is 10.0. The fourth-order valence-corrected chi connectivity index (χ4v) is 3.99. The summed E-state index contributed by atoms with van der Waals surface area (Å²) in [4.78, 5) is 40.4. The van der Waals surface area contributed by atoms with Crippen molar-refractivity contribution in [2.24, 2.45) is 0 Å². The summed E-state index contributed by atoms with van der Waals surface area (Å²) in [7, 11) is 0. The van der Waals surface area contributed by atoms with Gasteiger partial charge in [0, 0.05) is 32.7 Å². The molecule has 4 rings (SSSR count). The zero-order valence-corrected chi connectivity index (χ0v) is 16.8. The van der Waals surface area contributed by atoms with Crippen LogP contribution in [0.4, 0.5) is 0 Å². The number of benzene rings is 2. The molecule has 3 amide bonds. The van der Waals surface area contributed by atoms with E-state index in [4.69, 9.17) is 0 Å². The predicted octanol–water partition coefficient (Wildman–Crippen LogP) is 1.00. The van der Waals surface area contributed by atoms with Crippen LogP contribution in [-0.2, 0) is 20.9 Å². The molecule has 0 aromatic heterocycles. The summed E-state index contributed by atoms with van der Waals surface area (Å²) in [5, 5.41) is 5.58. The summed E-state index contributed by atoms with van der Waals surface area (Å²) >= 11 is 0. The Morgan fingerprint density at radius 3 is 2.33 bits per heavy atom. The summed E-state index contributed by atoms with van der Waals surface area (Å²) < 4.78 is 0. The van der Waals surface area contributed by atoms with Crippen LogP contribution in [0.25, 0.3) is 11.1 Å². The second kappa shape index (κ2) is 9.09. The van der Waals surface area contributed by atoms with E-state index >= 15 is 0 Å². The van der Waals surface area contributed by atoms with Crippen LogP contribution in [0, 0.1) is 0 Å². The van der Waals surface area contributed by atoms with E-state index in [1.165, 1.54) is 4.90 Å². The van der Waals surface area contributed by atoms with Crippen LogP contribution in [0.3, 0.4) is 0 Å². The van der Waals surface area contributed by atoms with Gasteiger partial charge in [0.05, 0.1) is 19.0 Å². The Morgan fingerprint density at radius 2 is 1.60 bits per heavy atom. The first-order chi connectivity index (χ1) is 14.6. The summed E-state index contributed by atoms with van der Waals surface area (Å²) in [5.41, 5.74) is 3.40. The molecule has 2 heterocycles. The molecule has 0 aliphatic carbocycles. The topological polar surface area (TPSA) is 81.8 Å². The van der Waals surface area contributed by atoms with E-state index in [9.17, 15) is 14.4 Å². The first kappa shape index (κ1) is 20.1. The number of hydrogen-bond acceptors (Lipinski definition) is 4. The quantitative estimate of drug-likeness (QED) is 0.776. The van der Waals surface area contributed by atoms with Gasteiger partial charge in [-0.25, -0.2) is 0 Å². The SMILES string of the molecule is O=C1CN(C(=O)C[C@@H]2C(=O)NCCN2Cc2ccc(-c3ccccc3)cc2)CCN1. The molecule has 156 valence electrons. The summed E-state index contributed by atoms with van der Waals surface area (Å²) in [5.74, 6) is -0.439. The zero-order chi connectivity index (χ0) is 20.9. The summed E-state index contributed by atoms with van der Waals surface area (Å²) in [6, 6.07) is 18.0. The molecule has 7 nitrogen and oxygen atoms in total. The molecule has 2 saturated heterocycles. The van der Waals surface area contributed by atoms with E-state index in [0.717, 1.165) is 16.7 Å². The van der Waals surface area contributed by atoms with Crippen LogP contribution in [0.15, 0.2) is 54.6 Å². The van der Waals surface area contributed by atoms with Crippen LogP contribution < -0.4 is 10.6 Å². The fourth-order valence-electron chi connectivity index (χ4n) is 3.99. The van der Waals surface area contributed by atoms with Gasteiger partial charge in [-0.3, -0.25) is 19.3 Å². The van der Waals surface area contributed by atoms with Crippen molar-refractivity contribution in [3.05, 3.63) is 60.2 Å². The maximum Gasteiger partial charge on any atom is 0.239 e. The van der Waals surface area contributed by atoms with Crippen LogP contribution in [0.5, 0.6) is 0 Å². The first-order valence-electron chi connectivity index (χ1n) is 10.3. The second-order valence-corrected chi connectivity index (χ2v) is 7.71. The number of hydrogen-bond donors (Lipinski definition) is 2. The van der Waals surface area contributed by atoms with E-state index in [1.807, 2.05) is 18.2 Å². The van der Waals surface area contributed by atoms with Gasteiger partial charge in [0.1, 0.15) is 0 Å². The Labute approximate surface area is 176 Å². The lowest BCUT2D eigenvalue weighted by molar-refractivity contribution is -0.142. The van der Waals surface area contributed by atoms with Gasteiger partial charge in [-0.1, -0.05) is 54.6 Å². The number of nitrogens with one attached hydrogen (secondary N) is 2. The van der Waals surface area contributed by atoms with Gasteiger partial charge >= 0.3 is 0 Å². The molecule has 0 bridgehead atoms. The van der Waals surface area contributed by atoms with Gasteiger partial charge in [0.15, 0.2) is 0 Å². The largest absolute Gasteiger partial charge is 0.353 e. The van der Waals surface area contributed by atoms with Crippen LogP contribution in [0.2, 0.25) is 0 Å². The molecule has 2 aliphatic rings. The van der Waals surface area contributed by atoms with E-state index in [1.54, 1.807) is 0 Å². The van der Waals surface area contributed by atoms with Crippen molar-refractivity contribution in [3.63, 3.8) is 0 Å². The normalized spacial score (nSPS) is 19.9. The van der Waals surface area contributed by atoms with Crippen molar-refractivity contribution in [3.8, 4) is 11.1 Å². The second-order valence-electron chi connectivity index (χ2n) is 7.71. The van der Waals surface area contributed by atoms with E-state index in [2.05, 4.69) is 51.9 Å². The minimum atomic E-state index is -0.523. The molecule has 2 aromatic carbocycles. The molecule has 0 radical (unpaired) electrons. The molecule has 1 atom stereocenters. The molecular weight excluding hydrogens is 380 g/mol. The average Bonchev–Trinajstić information content (AvgIpc) is 2.77. The lowest BCUT2D eigenvalue weighted by Crippen LogP contribution is -2.57. The molecule has 2 aliphatic heterocycles. The van der Waals surface area contributed by atoms with Gasteiger partial charge in [-0.2, -0.15) is 0 Å². The molecule has 7 heteroatoms. The third kappa shape index (κ3) is 4.68. The number of rotatable bonds is 5. The van der Waals surface area contributed by atoms with Crippen molar-refractivity contribution in [1.82, 2.24) is 20.4 Å². The van der Waals surface area contributed by atoms with Crippen molar-refractivity contribution < 1.29 is 14.4 Å². The number of piperazine rings is 2. The average molecular weight is 406 g/mol. The number of nitrogens with zero attached hydrogens (tertiary/aromatic N) is 2. The summed E-state index contributed by atoms with van der Waals surface area (Å²) in [6.45, 7) is 2.86. The van der Waals surface area contributed by atoms with E-state index in [0.29, 0.717) is 32.7 Å². The maximum atomic E-state index is 12.7. The monoisotopic (exact) mass is 406 g/mol. The maximum absolute atomic E-state index is 12.7. The third-order valence-corrected chi connectivity index (χ3v) is 5.65. The Hall–Kier alpha value is -3.19. The zero-order valence-electron chi connectivity index (χ0n) is 16.8. The molecule has 0 spiro atoms. The van der Waals surface area contributed by atoms with Gasteiger partial charge < -0.3 is 15.5 Å². The highest BCUT2D eigenvalue weighted by Crippen LogP contribution is 2.21. The molecule has 0 saturated carbocycles. The van der Waals surface area contributed by atoms with Crippen molar-refractivity contribution in [2.75, 3.05) is 32.7 Å². The minimum Gasteiger partial charge on any atom is -0.353 e. The highest BCUT2D eigenvalue weighted by molar-refractivity contribution is 5.91. The van der Waals surface area contributed by atoms with Gasteiger partial charge in [-0.15, -0.1) is 0 Å². The van der Waals surface area contributed by atoms with E-state index in [-0.39, 0.29) is 30.7 Å². The minimum absolute atomic E-state index is 0.0636. The Balaban J connectivity index is 1.43. The van der Waals surface area contributed by atoms with Crippen LogP contribution >= 0.6 is 0 Å². The predicted molar refractivity (Wildman–Crippen MR) is 113 cm³/mol. The number of carbonyl (C=O) groups excluding carboxylic acids is 3. The standard InChI is InChI=1S/C23H26N4O3/c28-21-16-27(13-10-24-21)22(29)14-20-23(30)25-11-12-26(20)15-17-6-8-19(9-7-17)18-4-2-1-3-5-18/h1-9,20H,10-16H2,(H,24,28)(H,25,30)/t20-/m1/s1. The molecule has 2 aromatic rings. The fraction of sp³-hybridized carbons (Fsp3) is 0.348. The van der Waals surface area contributed by atoms with Crippen LogP contribution in [0.1, 0.15) is 12.0 Å². The van der Waals surface area contributed by atoms with Gasteiger partial charge in [0.25, 0.3) is 0 Å². The molecule has 2 fully saturated rings. The van der Waals surface area contributed by atoms with Crippen molar-refractivity contribution in [1.29, 1.82) is 0 Å². The molecular formula is C23H26N4O3. The van der Waals surface area contributed by atoms with Crippen molar-refractivity contribution >= 4 is 17.7 Å². The lowest BCUT2D eigenvalue weighted by Gasteiger charge is -2.36. The van der Waals surface area contributed by atoms with Crippen LogP contribution in [-0.4, -0.2) is 66.3 Å². The Morgan fingerprint density at radius 1 is 0.900 bits per heavy atom. The molecule has 0 unspecified atom stereocenters. The van der Waals surface area contributed by atoms with Gasteiger partial charge in [-0.05, 0) is 16.7 Å². The molecule has 2 N–H and O–H groups in total. The Bertz CT molecular complexity index is 914. The van der Waals surface area contributed by atoms with Gasteiger partial charge in [0.2, 0.25) is 17.7 Å². The highest BCUT2D eigenvalue weighted by Gasteiger charge is 2.33. The number of carbonyl (C=O) groups is 3. The summed E-state index contributed by atoms with van der Waals surface area (Å²) in [6.07, 6.45) is 0.0845. The third-order valence-electron chi connectivity index (χ3n) is 5.65. The smallest absolute Gasteiger partial charge is 0.239 e. The van der Waals surface area contributed by atoms with Crippen molar-refractivity contribution in [2.45, 2.75) is 19.0 Å². The number of amides is 3. The van der Waals surface area contributed by atoms with E-state index < -0.39 is 6.04 Å². The highest BCUT2D eigenvalue weighted by atomic mass is 16.2. The Kier molecular flexibility index (Phi) is 6.09. The molecule has 30 heavy (non-hydrogen) atoms.